The quantitative estimate of drug-likeness (QED) is 0.354. The average Bonchev–Trinajstić information content (AvgIpc) is 2.92. The Morgan fingerprint density at radius 1 is 0.974 bits per heavy atom. The molecule has 38 heavy (non-hydrogen) atoms. The second kappa shape index (κ2) is 13.0. The van der Waals surface area contributed by atoms with Gasteiger partial charge in [0.25, 0.3) is 10.0 Å². The number of hydrogen-bond donors (Lipinski definition) is 1. The molecule has 0 bridgehead atoms. The highest BCUT2D eigenvalue weighted by Crippen LogP contribution is 2.33. The Balaban J connectivity index is 2.08. The van der Waals surface area contributed by atoms with E-state index in [1.54, 1.807) is 74.5 Å². The summed E-state index contributed by atoms with van der Waals surface area (Å²) < 4.78 is 34.4. The second-order valence-corrected chi connectivity index (χ2v) is 11.0. The highest BCUT2D eigenvalue weighted by molar-refractivity contribution is 7.92. The first kappa shape index (κ1) is 29.3. The largest absolute Gasteiger partial charge is 0.492 e. The second-order valence-electron chi connectivity index (χ2n) is 8.29. The van der Waals surface area contributed by atoms with E-state index in [0.29, 0.717) is 28.0 Å². The van der Waals surface area contributed by atoms with E-state index in [9.17, 15) is 18.0 Å². The first-order valence-corrected chi connectivity index (χ1v) is 14.0. The monoisotopic (exact) mass is 577 g/mol. The standard InChI is InChI=1S/C27H29Cl2N3O5S/c1-4-37-25-13-9-8-12-24(25)32(38(35,36)21-10-6-5-7-11-21)18-26(33)31(19(2)27(34)30-3)17-20-14-15-22(28)23(29)16-20/h5-16,19H,4,17-18H2,1-3H3,(H,30,34)/t19-/m0/s1. The van der Waals surface area contributed by atoms with Gasteiger partial charge in [0.15, 0.2) is 0 Å². The smallest absolute Gasteiger partial charge is 0.264 e. The summed E-state index contributed by atoms with van der Waals surface area (Å²) in [5.41, 5.74) is 0.823. The number of carbonyl (C=O) groups excluding carboxylic acids is 2. The van der Waals surface area contributed by atoms with Crippen LogP contribution < -0.4 is 14.4 Å². The highest BCUT2D eigenvalue weighted by Gasteiger charge is 2.33. The van der Waals surface area contributed by atoms with Crippen LogP contribution in [0.15, 0.2) is 77.7 Å². The number of ether oxygens (including phenoxy) is 1. The van der Waals surface area contributed by atoms with Gasteiger partial charge >= 0.3 is 0 Å². The molecule has 0 aliphatic heterocycles. The summed E-state index contributed by atoms with van der Waals surface area (Å²) in [6.07, 6.45) is 0. The molecule has 0 spiro atoms. The van der Waals surface area contributed by atoms with Crippen LogP contribution in [-0.4, -0.2) is 51.4 Å². The topological polar surface area (TPSA) is 96.0 Å². The van der Waals surface area contributed by atoms with E-state index < -0.39 is 34.4 Å². The minimum absolute atomic E-state index is 0.00333. The number of benzene rings is 3. The van der Waals surface area contributed by atoms with Gasteiger partial charge in [-0.3, -0.25) is 13.9 Å². The molecule has 0 aromatic heterocycles. The van der Waals surface area contributed by atoms with E-state index in [0.717, 1.165) is 4.31 Å². The van der Waals surface area contributed by atoms with Crippen LogP contribution in [0.25, 0.3) is 0 Å². The van der Waals surface area contributed by atoms with E-state index in [1.165, 1.54) is 24.1 Å². The maximum atomic E-state index is 13.8. The van der Waals surface area contributed by atoms with Gasteiger partial charge in [-0.15, -0.1) is 0 Å². The summed E-state index contributed by atoms with van der Waals surface area (Å²) in [6, 6.07) is 18.4. The first-order chi connectivity index (χ1) is 18.1. The number of likely N-dealkylation sites (N-methyl/N-ethyl adjacent to an activating group) is 1. The fourth-order valence-electron chi connectivity index (χ4n) is 3.80. The van der Waals surface area contributed by atoms with Gasteiger partial charge in [-0.25, -0.2) is 8.42 Å². The molecule has 2 amide bonds. The number of nitrogens with one attached hydrogen (secondary N) is 1. The van der Waals surface area contributed by atoms with Crippen molar-refractivity contribution >= 4 is 50.7 Å². The van der Waals surface area contributed by atoms with Crippen molar-refractivity contribution < 1.29 is 22.7 Å². The lowest BCUT2D eigenvalue weighted by molar-refractivity contribution is -0.139. The zero-order valence-electron chi connectivity index (χ0n) is 21.2. The molecule has 3 aromatic rings. The number of halogens is 2. The number of sulfonamides is 1. The van der Waals surface area contributed by atoms with E-state index >= 15 is 0 Å². The van der Waals surface area contributed by atoms with Gasteiger partial charge in [-0.1, -0.05) is 59.6 Å². The number of anilines is 1. The molecule has 0 radical (unpaired) electrons. The molecule has 202 valence electrons. The molecule has 3 aromatic carbocycles. The summed E-state index contributed by atoms with van der Waals surface area (Å²) in [7, 11) is -2.73. The molecule has 1 atom stereocenters. The van der Waals surface area contributed by atoms with Gasteiger partial charge in [0.2, 0.25) is 11.8 Å². The van der Waals surface area contributed by atoms with Crippen LogP contribution in [0.4, 0.5) is 5.69 Å². The van der Waals surface area contributed by atoms with Gasteiger partial charge in [0.05, 0.1) is 27.2 Å². The van der Waals surface area contributed by atoms with Crippen molar-refractivity contribution in [2.75, 3.05) is 24.5 Å². The van der Waals surface area contributed by atoms with Gasteiger partial charge < -0.3 is 15.0 Å². The lowest BCUT2D eigenvalue weighted by atomic mass is 10.1. The van der Waals surface area contributed by atoms with Crippen LogP contribution in [0.3, 0.4) is 0 Å². The van der Waals surface area contributed by atoms with Gasteiger partial charge in [0.1, 0.15) is 18.3 Å². The minimum Gasteiger partial charge on any atom is -0.492 e. The fourth-order valence-corrected chi connectivity index (χ4v) is 5.57. The maximum absolute atomic E-state index is 13.8. The van der Waals surface area contributed by atoms with Crippen molar-refractivity contribution in [3.63, 3.8) is 0 Å². The molecule has 8 nitrogen and oxygen atoms in total. The van der Waals surface area contributed by atoms with Gasteiger partial charge in [-0.2, -0.15) is 0 Å². The molecule has 0 fully saturated rings. The van der Waals surface area contributed by atoms with Gasteiger partial charge in [-0.05, 0) is 55.8 Å². The molecule has 11 heteroatoms. The molecule has 0 heterocycles. The molecule has 1 N–H and O–H groups in total. The molecule has 0 saturated carbocycles. The predicted octanol–water partition coefficient (Wildman–Crippen LogP) is 4.75. The van der Waals surface area contributed by atoms with Crippen molar-refractivity contribution in [1.29, 1.82) is 0 Å². The molecule has 0 aliphatic rings. The fraction of sp³-hybridized carbons (Fsp3) is 0.259. The Kier molecular flexibility index (Phi) is 10.0. The van der Waals surface area contributed by atoms with Crippen LogP contribution in [-0.2, 0) is 26.2 Å². The number of amides is 2. The van der Waals surface area contributed by atoms with Gasteiger partial charge in [0, 0.05) is 13.6 Å². The van der Waals surface area contributed by atoms with E-state index in [2.05, 4.69) is 5.32 Å². The zero-order valence-corrected chi connectivity index (χ0v) is 23.6. The SMILES string of the molecule is CCOc1ccccc1N(CC(=O)N(Cc1ccc(Cl)c(Cl)c1)[C@@H](C)C(=O)NC)S(=O)(=O)c1ccccc1. The summed E-state index contributed by atoms with van der Waals surface area (Å²) in [4.78, 5) is 27.7. The summed E-state index contributed by atoms with van der Waals surface area (Å²) in [5.74, 6) is -0.707. The number of para-hydroxylation sites is 2. The number of carbonyl (C=O) groups is 2. The third-order valence-electron chi connectivity index (χ3n) is 5.79. The first-order valence-electron chi connectivity index (χ1n) is 11.8. The average molecular weight is 579 g/mol. The molecule has 0 saturated heterocycles. The summed E-state index contributed by atoms with van der Waals surface area (Å²) >= 11 is 12.2. The third kappa shape index (κ3) is 6.78. The van der Waals surface area contributed by atoms with Crippen LogP contribution in [0.1, 0.15) is 19.4 Å². The van der Waals surface area contributed by atoms with Crippen LogP contribution in [0.5, 0.6) is 5.75 Å². The molecule has 3 rings (SSSR count). The minimum atomic E-state index is -4.19. The maximum Gasteiger partial charge on any atom is 0.264 e. The third-order valence-corrected chi connectivity index (χ3v) is 8.31. The van der Waals surface area contributed by atoms with E-state index in [4.69, 9.17) is 27.9 Å². The van der Waals surface area contributed by atoms with Crippen molar-refractivity contribution in [1.82, 2.24) is 10.2 Å². The van der Waals surface area contributed by atoms with Crippen LogP contribution >= 0.6 is 23.2 Å². The number of rotatable bonds is 11. The Bertz CT molecular complexity index is 1390. The molecular weight excluding hydrogens is 549 g/mol. The summed E-state index contributed by atoms with van der Waals surface area (Å²) in [6.45, 7) is 3.06. The zero-order chi connectivity index (χ0) is 27.9. The number of nitrogens with zero attached hydrogens (tertiary/aromatic N) is 2. The van der Waals surface area contributed by atoms with Crippen molar-refractivity contribution in [2.45, 2.75) is 31.3 Å². The molecular formula is C27H29Cl2N3O5S. The van der Waals surface area contributed by atoms with Crippen molar-refractivity contribution in [3.8, 4) is 5.75 Å². The normalized spacial score (nSPS) is 11.9. The van der Waals surface area contributed by atoms with Crippen LogP contribution in [0, 0.1) is 0 Å². The lowest BCUT2D eigenvalue weighted by Crippen LogP contribution is -2.50. The Morgan fingerprint density at radius 2 is 1.63 bits per heavy atom. The van der Waals surface area contributed by atoms with E-state index in [1.807, 2.05) is 0 Å². The Labute approximate surface area is 233 Å². The van der Waals surface area contributed by atoms with E-state index in [-0.39, 0.29) is 17.1 Å². The molecule has 0 unspecified atom stereocenters. The van der Waals surface area contributed by atoms with Crippen LogP contribution in [0.2, 0.25) is 10.0 Å². The van der Waals surface area contributed by atoms with Crippen molar-refractivity contribution in [3.05, 3.63) is 88.4 Å². The summed E-state index contributed by atoms with van der Waals surface area (Å²) in [5, 5.41) is 3.18. The Morgan fingerprint density at radius 3 is 2.26 bits per heavy atom. The lowest BCUT2D eigenvalue weighted by Gasteiger charge is -2.32. The predicted molar refractivity (Wildman–Crippen MR) is 149 cm³/mol. The van der Waals surface area contributed by atoms with Crippen molar-refractivity contribution in [2.24, 2.45) is 0 Å². The molecule has 0 aliphatic carbocycles. The Hall–Kier alpha value is -3.27. The number of hydrogen-bond acceptors (Lipinski definition) is 5. The highest BCUT2D eigenvalue weighted by atomic mass is 35.5.